The number of benzene rings is 1. The first-order valence-electron chi connectivity index (χ1n) is 7.26. The van der Waals surface area contributed by atoms with Crippen LogP contribution in [-0.4, -0.2) is 19.5 Å². The van der Waals surface area contributed by atoms with E-state index in [0.29, 0.717) is 34.7 Å². The number of nitrogen functional groups attached to an aromatic ring is 1. The molecule has 4 aromatic rings. The molecule has 0 saturated heterocycles. The molecule has 0 saturated carbocycles. The molecule has 0 radical (unpaired) electrons. The Morgan fingerprint density at radius 1 is 1.17 bits per heavy atom. The molecule has 7 heteroatoms. The number of hydrogen-bond donors (Lipinski definition) is 1. The minimum Gasteiger partial charge on any atom is -0.463 e. The highest BCUT2D eigenvalue weighted by atomic mass is 16.3. The molecule has 3 heterocycles. The molecule has 0 atom stereocenters. The minimum atomic E-state index is 0.162. The Hall–Kier alpha value is -3.66. The molecule has 0 aliphatic carbocycles. The standard InChI is InChI=1S/C17H12N6O/c18-8-11-3-5-12(6-4-11)9-23-10-20-15-14(13-2-1-7-24-13)21-17(19)22-16(15)23/h1-7,10H,9H2,(H2,19,21,22). The predicted octanol–water partition coefficient (Wildman–Crippen LogP) is 2.59. The summed E-state index contributed by atoms with van der Waals surface area (Å²) >= 11 is 0. The van der Waals surface area contributed by atoms with Gasteiger partial charge in [-0.1, -0.05) is 12.1 Å². The summed E-state index contributed by atoms with van der Waals surface area (Å²) in [5.74, 6) is 0.758. The smallest absolute Gasteiger partial charge is 0.222 e. The average Bonchev–Trinajstić information content (AvgIpc) is 3.26. The number of anilines is 1. The van der Waals surface area contributed by atoms with E-state index in [1.165, 1.54) is 0 Å². The third kappa shape index (κ3) is 2.36. The van der Waals surface area contributed by atoms with Crippen LogP contribution in [0, 0.1) is 11.3 Å². The van der Waals surface area contributed by atoms with E-state index >= 15 is 0 Å². The van der Waals surface area contributed by atoms with E-state index in [0.717, 1.165) is 5.56 Å². The van der Waals surface area contributed by atoms with Crippen molar-refractivity contribution in [3.05, 3.63) is 60.1 Å². The van der Waals surface area contributed by atoms with Gasteiger partial charge in [0, 0.05) is 0 Å². The van der Waals surface area contributed by atoms with E-state index in [-0.39, 0.29) is 5.95 Å². The molecular formula is C17H12N6O. The summed E-state index contributed by atoms with van der Waals surface area (Å²) in [5.41, 5.74) is 9.35. The van der Waals surface area contributed by atoms with Crippen LogP contribution in [0.3, 0.4) is 0 Å². The summed E-state index contributed by atoms with van der Waals surface area (Å²) in [5, 5.41) is 8.87. The average molecular weight is 316 g/mol. The SMILES string of the molecule is N#Cc1ccc(Cn2cnc3c(-c4ccco4)nc(N)nc32)cc1. The van der Waals surface area contributed by atoms with Crippen LogP contribution >= 0.6 is 0 Å². The van der Waals surface area contributed by atoms with E-state index in [2.05, 4.69) is 21.0 Å². The molecule has 7 nitrogen and oxygen atoms in total. The highest BCUT2D eigenvalue weighted by molar-refractivity contribution is 5.86. The lowest BCUT2D eigenvalue weighted by molar-refractivity contribution is 0.580. The predicted molar refractivity (Wildman–Crippen MR) is 87.7 cm³/mol. The maximum absolute atomic E-state index is 8.87. The zero-order chi connectivity index (χ0) is 16.5. The van der Waals surface area contributed by atoms with Crippen LogP contribution in [0.25, 0.3) is 22.6 Å². The van der Waals surface area contributed by atoms with E-state index in [4.69, 9.17) is 15.4 Å². The fourth-order valence-electron chi connectivity index (χ4n) is 2.54. The van der Waals surface area contributed by atoms with Crippen LogP contribution in [0.15, 0.2) is 53.4 Å². The fraction of sp³-hybridized carbons (Fsp3) is 0.0588. The summed E-state index contributed by atoms with van der Waals surface area (Å²) in [7, 11) is 0. The minimum absolute atomic E-state index is 0.162. The first kappa shape index (κ1) is 14.0. The molecule has 0 aliphatic rings. The Labute approximate surface area is 137 Å². The van der Waals surface area contributed by atoms with Crippen molar-refractivity contribution in [1.29, 1.82) is 5.26 Å². The van der Waals surface area contributed by atoms with Gasteiger partial charge in [-0.25, -0.2) is 9.97 Å². The van der Waals surface area contributed by atoms with Crippen molar-refractivity contribution in [3.8, 4) is 17.5 Å². The van der Waals surface area contributed by atoms with Crippen molar-refractivity contribution in [3.63, 3.8) is 0 Å². The molecule has 0 unspecified atom stereocenters. The first-order chi connectivity index (χ1) is 11.7. The van der Waals surface area contributed by atoms with E-state index in [1.54, 1.807) is 36.9 Å². The van der Waals surface area contributed by atoms with Gasteiger partial charge in [0.25, 0.3) is 0 Å². The van der Waals surface area contributed by atoms with Crippen molar-refractivity contribution in [2.75, 3.05) is 5.73 Å². The van der Waals surface area contributed by atoms with Crippen LogP contribution in [0.1, 0.15) is 11.1 Å². The van der Waals surface area contributed by atoms with E-state index < -0.39 is 0 Å². The monoisotopic (exact) mass is 316 g/mol. The highest BCUT2D eigenvalue weighted by Gasteiger charge is 2.15. The largest absolute Gasteiger partial charge is 0.463 e. The molecule has 0 bridgehead atoms. The van der Waals surface area contributed by atoms with Gasteiger partial charge in [0.2, 0.25) is 5.95 Å². The Kier molecular flexibility index (Phi) is 3.21. The molecule has 0 spiro atoms. The lowest BCUT2D eigenvalue weighted by Gasteiger charge is -2.05. The zero-order valence-corrected chi connectivity index (χ0v) is 12.5. The Balaban J connectivity index is 1.78. The quantitative estimate of drug-likeness (QED) is 0.622. The number of fused-ring (bicyclic) bond motifs is 1. The van der Waals surface area contributed by atoms with Gasteiger partial charge < -0.3 is 14.7 Å². The number of rotatable bonds is 3. The van der Waals surface area contributed by atoms with Gasteiger partial charge in [0.05, 0.1) is 30.8 Å². The lowest BCUT2D eigenvalue weighted by atomic mass is 10.1. The number of imidazole rings is 1. The van der Waals surface area contributed by atoms with Crippen molar-refractivity contribution < 1.29 is 4.42 Å². The van der Waals surface area contributed by atoms with Crippen LogP contribution < -0.4 is 5.73 Å². The molecule has 0 amide bonds. The molecule has 0 aliphatic heterocycles. The van der Waals surface area contributed by atoms with E-state index in [1.807, 2.05) is 16.7 Å². The third-order valence-corrected chi connectivity index (χ3v) is 3.67. The summed E-state index contributed by atoms with van der Waals surface area (Å²) in [6, 6.07) is 13.1. The first-order valence-corrected chi connectivity index (χ1v) is 7.26. The van der Waals surface area contributed by atoms with E-state index in [9.17, 15) is 0 Å². The number of nitriles is 1. The Morgan fingerprint density at radius 3 is 2.71 bits per heavy atom. The normalized spacial score (nSPS) is 10.8. The molecule has 4 rings (SSSR count). The molecule has 1 aromatic carbocycles. The van der Waals surface area contributed by atoms with Gasteiger partial charge in [0.1, 0.15) is 11.2 Å². The number of nitrogens with zero attached hydrogens (tertiary/aromatic N) is 5. The Bertz CT molecular complexity index is 1040. The van der Waals surface area contributed by atoms with Crippen molar-refractivity contribution in [2.24, 2.45) is 0 Å². The molecule has 3 aromatic heterocycles. The van der Waals surface area contributed by atoms with Crippen LogP contribution in [0.2, 0.25) is 0 Å². The van der Waals surface area contributed by atoms with Crippen molar-refractivity contribution >= 4 is 17.1 Å². The van der Waals surface area contributed by atoms with Gasteiger partial charge in [-0.05, 0) is 29.8 Å². The molecule has 116 valence electrons. The number of hydrogen-bond acceptors (Lipinski definition) is 6. The molecule has 2 N–H and O–H groups in total. The Morgan fingerprint density at radius 2 is 2.00 bits per heavy atom. The topological polar surface area (TPSA) is 107 Å². The second-order valence-corrected chi connectivity index (χ2v) is 5.26. The summed E-state index contributed by atoms with van der Waals surface area (Å²) < 4.78 is 7.30. The van der Waals surface area contributed by atoms with Crippen LogP contribution in [-0.2, 0) is 6.54 Å². The van der Waals surface area contributed by atoms with Gasteiger partial charge in [-0.15, -0.1) is 0 Å². The van der Waals surface area contributed by atoms with Gasteiger partial charge in [0.15, 0.2) is 11.4 Å². The number of furan rings is 1. The fourth-order valence-corrected chi connectivity index (χ4v) is 2.54. The summed E-state index contributed by atoms with van der Waals surface area (Å²) in [6.45, 7) is 0.566. The molecular weight excluding hydrogens is 304 g/mol. The van der Waals surface area contributed by atoms with Gasteiger partial charge in [-0.3, -0.25) is 0 Å². The maximum atomic E-state index is 8.87. The summed E-state index contributed by atoms with van der Waals surface area (Å²) in [6.07, 6.45) is 3.27. The number of nitrogens with two attached hydrogens (primary N) is 1. The summed E-state index contributed by atoms with van der Waals surface area (Å²) in [4.78, 5) is 13.0. The maximum Gasteiger partial charge on any atom is 0.222 e. The zero-order valence-electron chi connectivity index (χ0n) is 12.5. The second-order valence-electron chi connectivity index (χ2n) is 5.26. The van der Waals surface area contributed by atoms with Crippen molar-refractivity contribution in [1.82, 2.24) is 19.5 Å². The number of aromatic nitrogens is 4. The van der Waals surface area contributed by atoms with Crippen LogP contribution in [0.5, 0.6) is 0 Å². The van der Waals surface area contributed by atoms with Crippen molar-refractivity contribution in [2.45, 2.75) is 6.54 Å². The highest BCUT2D eigenvalue weighted by Crippen LogP contribution is 2.26. The van der Waals surface area contributed by atoms with Gasteiger partial charge >= 0.3 is 0 Å². The molecule has 0 fully saturated rings. The third-order valence-electron chi connectivity index (χ3n) is 3.67. The van der Waals surface area contributed by atoms with Gasteiger partial charge in [-0.2, -0.15) is 10.2 Å². The molecule has 24 heavy (non-hydrogen) atoms. The lowest BCUT2D eigenvalue weighted by Crippen LogP contribution is -2.03. The van der Waals surface area contributed by atoms with Crippen LogP contribution in [0.4, 0.5) is 5.95 Å². The second kappa shape index (κ2) is 5.52.